The number of nitrogens with two attached hydrogens (primary N) is 1. The van der Waals surface area contributed by atoms with E-state index in [1.54, 1.807) is 0 Å². The van der Waals surface area contributed by atoms with Crippen LogP contribution in [0.1, 0.15) is 25.8 Å². The number of nitrogens with zero attached hydrogens (tertiary/aromatic N) is 4. The van der Waals surface area contributed by atoms with Crippen molar-refractivity contribution in [1.82, 2.24) is 24.8 Å². The number of imidazole rings is 1. The zero-order valence-electron chi connectivity index (χ0n) is 15.2. The molecular formula is C18H23ClN6S. The number of rotatable bonds is 7. The summed E-state index contributed by atoms with van der Waals surface area (Å²) in [6.45, 7) is 8.02. The summed E-state index contributed by atoms with van der Waals surface area (Å²) in [5, 5.41) is 4.97. The maximum atomic E-state index is 6.40. The number of halogens is 1. The van der Waals surface area contributed by atoms with E-state index in [9.17, 15) is 0 Å². The van der Waals surface area contributed by atoms with Crippen molar-refractivity contribution in [3.8, 4) is 0 Å². The van der Waals surface area contributed by atoms with Crippen molar-refractivity contribution in [2.24, 2.45) is 0 Å². The number of nitrogens with one attached hydrogen (secondary N) is 1. The van der Waals surface area contributed by atoms with Gasteiger partial charge < -0.3 is 15.6 Å². The quantitative estimate of drug-likeness (QED) is 0.595. The average Bonchev–Trinajstić information content (AvgIpc) is 2.93. The molecular weight excluding hydrogens is 368 g/mol. The van der Waals surface area contributed by atoms with Gasteiger partial charge in [0.25, 0.3) is 0 Å². The maximum absolute atomic E-state index is 6.40. The molecule has 0 fully saturated rings. The molecule has 6 nitrogen and oxygen atoms in total. The van der Waals surface area contributed by atoms with Gasteiger partial charge in [0.15, 0.2) is 22.1 Å². The van der Waals surface area contributed by atoms with E-state index in [1.165, 1.54) is 18.1 Å². The van der Waals surface area contributed by atoms with Gasteiger partial charge in [-0.15, -0.1) is 0 Å². The second-order valence-electron chi connectivity index (χ2n) is 6.48. The van der Waals surface area contributed by atoms with Crippen molar-refractivity contribution in [2.75, 3.05) is 12.3 Å². The highest BCUT2D eigenvalue weighted by atomic mass is 35.5. The maximum Gasteiger partial charge on any atom is 0.175 e. The Morgan fingerprint density at radius 2 is 2.12 bits per heavy atom. The number of aromatic nitrogens is 4. The topological polar surface area (TPSA) is 81.7 Å². The Bertz CT molecular complexity index is 908. The van der Waals surface area contributed by atoms with Gasteiger partial charge in [-0.1, -0.05) is 43.3 Å². The lowest BCUT2D eigenvalue weighted by molar-refractivity contribution is 0.525. The second kappa shape index (κ2) is 8.24. The molecule has 0 radical (unpaired) electrons. The molecule has 0 atom stereocenters. The molecule has 0 amide bonds. The molecule has 0 aliphatic heterocycles. The average molecular weight is 391 g/mol. The third-order valence-electron chi connectivity index (χ3n) is 3.92. The predicted molar refractivity (Wildman–Crippen MR) is 108 cm³/mol. The Labute approximate surface area is 162 Å². The molecule has 26 heavy (non-hydrogen) atoms. The second-order valence-corrected chi connectivity index (χ2v) is 7.89. The normalized spacial score (nSPS) is 11.6. The van der Waals surface area contributed by atoms with Crippen LogP contribution in [-0.4, -0.2) is 32.1 Å². The van der Waals surface area contributed by atoms with Crippen molar-refractivity contribution in [3.05, 3.63) is 35.1 Å². The van der Waals surface area contributed by atoms with Crippen LogP contribution >= 0.6 is 23.4 Å². The van der Waals surface area contributed by atoms with Gasteiger partial charge in [0.1, 0.15) is 6.33 Å². The molecule has 0 saturated carbocycles. The molecule has 1 aromatic carbocycles. The standard InChI is InChI=1S/C18H23ClN6S/c1-11(2)21-7-4-8-25-17-15(16(20)22-10-23-17)24-18(25)26-14-6-5-12(3)9-13(14)19/h5-6,9-11,21H,4,7-8H2,1-3H3,(H2,20,22,23). The van der Waals surface area contributed by atoms with Gasteiger partial charge in [-0.05, 0) is 37.6 Å². The molecule has 8 heteroatoms. The molecule has 138 valence electrons. The molecule has 0 spiro atoms. The van der Waals surface area contributed by atoms with Crippen LogP contribution in [0.4, 0.5) is 5.82 Å². The highest BCUT2D eigenvalue weighted by Crippen LogP contribution is 2.35. The van der Waals surface area contributed by atoms with Crippen LogP contribution in [0.15, 0.2) is 34.6 Å². The number of aryl methyl sites for hydroxylation is 2. The molecule has 3 rings (SSSR count). The summed E-state index contributed by atoms with van der Waals surface area (Å²) in [5.41, 5.74) is 8.52. The van der Waals surface area contributed by atoms with Crippen molar-refractivity contribution in [1.29, 1.82) is 0 Å². The zero-order valence-corrected chi connectivity index (χ0v) is 16.7. The van der Waals surface area contributed by atoms with Crippen LogP contribution in [0.2, 0.25) is 5.02 Å². The van der Waals surface area contributed by atoms with Crippen LogP contribution < -0.4 is 11.1 Å². The third-order valence-corrected chi connectivity index (χ3v) is 5.42. The van der Waals surface area contributed by atoms with Gasteiger partial charge >= 0.3 is 0 Å². The van der Waals surface area contributed by atoms with E-state index in [-0.39, 0.29) is 0 Å². The highest BCUT2D eigenvalue weighted by Gasteiger charge is 2.16. The van der Waals surface area contributed by atoms with E-state index in [2.05, 4.69) is 38.7 Å². The molecule has 2 aromatic heterocycles. The number of fused-ring (bicyclic) bond motifs is 1. The SMILES string of the molecule is Cc1ccc(Sc2nc3c(N)ncnc3n2CCCNC(C)C)c(Cl)c1. The zero-order chi connectivity index (χ0) is 18.7. The molecule has 0 aliphatic carbocycles. The van der Waals surface area contributed by atoms with E-state index in [1.807, 2.05) is 25.1 Å². The van der Waals surface area contributed by atoms with Gasteiger partial charge in [0, 0.05) is 17.5 Å². The summed E-state index contributed by atoms with van der Waals surface area (Å²) in [4.78, 5) is 14.1. The minimum atomic E-state index is 0.394. The largest absolute Gasteiger partial charge is 0.382 e. The van der Waals surface area contributed by atoms with E-state index in [0.29, 0.717) is 22.4 Å². The molecule has 3 N–H and O–H groups in total. The minimum absolute atomic E-state index is 0.394. The van der Waals surface area contributed by atoms with Gasteiger partial charge in [0.05, 0.1) is 5.02 Å². The Balaban J connectivity index is 1.92. The van der Waals surface area contributed by atoms with Crippen molar-refractivity contribution in [3.63, 3.8) is 0 Å². The highest BCUT2D eigenvalue weighted by molar-refractivity contribution is 7.99. The van der Waals surface area contributed by atoms with Crippen LogP contribution in [0.5, 0.6) is 0 Å². The first kappa shape index (κ1) is 18.9. The predicted octanol–water partition coefficient (Wildman–Crippen LogP) is 3.91. The van der Waals surface area contributed by atoms with E-state index in [4.69, 9.17) is 17.3 Å². The van der Waals surface area contributed by atoms with Crippen molar-refractivity contribution in [2.45, 2.75) is 49.8 Å². The van der Waals surface area contributed by atoms with Crippen LogP contribution in [-0.2, 0) is 6.54 Å². The Morgan fingerprint density at radius 3 is 2.85 bits per heavy atom. The summed E-state index contributed by atoms with van der Waals surface area (Å²) in [7, 11) is 0. The Morgan fingerprint density at radius 1 is 1.31 bits per heavy atom. The van der Waals surface area contributed by atoms with Crippen LogP contribution in [0.25, 0.3) is 11.2 Å². The molecule has 2 heterocycles. The fourth-order valence-corrected chi connectivity index (χ4v) is 3.89. The summed E-state index contributed by atoms with van der Waals surface area (Å²) in [5.74, 6) is 0.394. The van der Waals surface area contributed by atoms with Crippen LogP contribution in [0, 0.1) is 6.92 Å². The van der Waals surface area contributed by atoms with Gasteiger partial charge in [0.2, 0.25) is 0 Å². The summed E-state index contributed by atoms with van der Waals surface area (Å²) >= 11 is 7.93. The first-order valence-corrected chi connectivity index (χ1v) is 9.79. The first-order valence-electron chi connectivity index (χ1n) is 8.60. The van der Waals surface area contributed by atoms with E-state index < -0.39 is 0 Å². The fraction of sp³-hybridized carbons (Fsp3) is 0.389. The number of nitrogen functional groups attached to an aromatic ring is 1. The van der Waals surface area contributed by atoms with Gasteiger partial charge in [-0.25, -0.2) is 15.0 Å². The van der Waals surface area contributed by atoms with E-state index >= 15 is 0 Å². The number of hydrogen-bond acceptors (Lipinski definition) is 6. The Kier molecular flexibility index (Phi) is 6.01. The van der Waals surface area contributed by atoms with E-state index in [0.717, 1.165) is 40.8 Å². The van der Waals surface area contributed by atoms with Crippen LogP contribution in [0.3, 0.4) is 0 Å². The Hall–Kier alpha value is -1.83. The lowest BCUT2D eigenvalue weighted by atomic mass is 10.2. The summed E-state index contributed by atoms with van der Waals surface area (Å²) in [6.07, 6.45) is 2.44. The minimum Gasteiger partial charge on any atom is -0.382 e. The summed E-state index contributed by atoms with van der Waals surface area (Å²) in [6, 6.07) is 6.48. The molecule has 3 aromatic rings. The molecule has 0 aliphatic rings. The summed E-state index contributed by atoms with van der Waals surface area (Å²) < 4.78 is 2.09. The molecule has 0 saturated heterocycles. The lowest BCUT2D eigenvalue weighted by Crippen LogP contribution is -2.24. The number of hydrogen-bond donors (Lipinski definition) is 2. The van der Waals surface area contributed by atoms with Crippen molar-refractivity contribution < 1.29 is 0 Å². The fourth-order valence-electron chi connectivity index (χ4n) is 2.63. The number of benzene rings is 1. The lowest BCUT2D eigenvalue weighted by Gasteiger charge is -2.11. The monoisotopic (exact) mass is 390 g/mol. The third kappa shape index (κ3) is 4.28. The van der Waals surface area contributed by atoms with Gasteiger partial charge in [-0.2, -0.15) is 0 Å². The van der Waals surface area contributed by atoms with Gasteiger partial charge in [-0.3, -0.25) is 0 Å². The number of anilines is 1. The smallest absolute Gasteiger partial charge is 0.175 e. The van der Waals surface area contributed by atoms with Crippen molar-refractivity contribution >= 4 is 40.3 Å². The molecule has 0 unspecified atom stereocenters. The first-order chi connectivity index (χ1) is 12.5. The molecule has 0 bridgehead atoms.